The molecule has 100 valence electrons. The molecule has 0 radical (unpaired) electrons. The Labute approximate surface area is 103 Å². The Morgan fingerprint density at radius 2 is 2.06 bits per heavy atom. The molecule has 2 N–H and O–H groups in total. The van der Waals surface area contributed by atoms with E-state index in [2.05, 4.69) is 10.0 Å². The Morgan fingerprint density at radius 1 is 1.39 bits per heavy atom. The molecule has 1 rings (SSSR count). The summed E-state index contributed by atoms with van der Waals surface area (Å²) in [6, 6.07) is 3.11. The number of nitro groups is 1. The molecule has 0 aliphatic rings. The van der Waals surface area contributed by atoms with E-state index in [1.54, 1.807) is 0 Å². The summed E-state index contributed by atoms with van der Waals surface area (Å²) in [5, 5.41) is 13.3. The summed E-state index contributed by atoms with van der Waals surface area (Å²) in [5.74, 6) is -0.707. The van der Waals surface area contributed by atoms with Crippen LogP contribution in [0.3, 0.4) is 0 Å². The molecule has 0 aliphatic carbocycles. The average molecular weight is 277 g/mol. The fourth-order valence-electron chi connectivity index (χ4n) is 1.24. The zero-order valence-electron chi connectivity index (χ0n) is 9.51. The van der Waals surface area contributed by atoms with E-state index >= 15 is 0 Å². The predicted molar refractivity (Wildman–Crippen MR) is 64.4 cm³/mol. The van der Waals surface area contributed by atoms with Gasteiger partial charge in [-0.2, -0.15) is 0 Å². The molecule has 0 saturated carbocycles. The molecule has 0 atom stereocenters. The smallest absolute Gasteiger partial charge is 0.295 e. The van der Waals surface area contributed by atoms with Gasteiger partial charge < -0.3 is 5.32 Å². The minimum atomic E-state index is -3.30. The van der Waals surface area contributed by atoms with Crippen molar-refractivity contribution in [2.24, 2.45) is 0 Å². The van der Waals surface area contributed by atoms with Gasteiger partial charge in [-0.1, -0.05) is 0 Å². The molecule has 0 aliphatic heterocycles. The normalized spacial score (nSPS) is 11.2. The van der Waals surface area contributed by atoms with Crippen molar-refractivity contribution in [3.05, 3.63) is 34.1 Å². The van der Waals surface area contributed by atoms with Gasteiger partial charge in [0.2, 0.25) is 10.0 Å². The number of nitrogens with one attached hydrogen (secondary N) is 2. The fraction of sp³-hybridized carbons (Fsp3) is 0.333. The molecule has 7 nitrogen and oxygen atoms in total. The lowest BCUT2D eigenvalue weighted by Gasteiger charge is -2.07. The third kappa shape index (κ3) is 4.63. The van der Waals surface area contributed by atoms with Gasteiger partial charge in [-0.05, 0) is 12.1 Å². The highest BCUT2D eigenvalue weighted by atomic mass is 32.2. The van der Waals surface area contributed by atoms with Crippen LogP contribution in [0.25, 0.3) is 0 Å². The summed E-state index contributed by atoms with van der Waals surface area (Å²) in [6.07, 6.45) is 1.01. The second-order valence-electron chi connectivity index (χ2n) is 3.51. The first kappa shape index (κ1) is 14.3. The van der Waals surface area contributed by atoms with Gasteiger partial charge in [0.1, 0.15) is 11.5 Å². The standard InChI is InChI=1S/C9H12FN3O4S/c1-18(16,17)12-5-4-11-8-3-2-7(10)6-9(8)13(14)15/h2-3,6,11-12H,4-5H2,1H3. The quantitative estimate of drug-likeness (QED) is 0.452. The van der Waals surface area contributed by atoms with Gasteiger partial charge >= 0.3 is 0 Å². The molecule has 1 aromatic rings. The second-order valence-corrected chi connectivity index (χ2v) is 5.34. The minimum Gasteiger partial charge on any atom is -0.378 e. The molecule has 0 heterocycles. The van der Waals surface area contributed by atoms with Crippen molar-refractivity contribution in [2.45, 2.75) is 0 Å². The van der Waals surface area contributed by atoms with E-state index in [1.807, 2.05) is 0 Å². The molecule has 0 saturated heterocycles. The highest BCUT2D eigenvalue weighted by Gasteiger charge is 2.14. The molecule has 1 aromatic carbocycles. The van der Waals surface area contributed by atoms with Crippen molar-refractivity contribution in [3.8, 4) is 0 Å². The van der Waals surface area contributed by atoms with E-state index in [4.69, 9.17) is 0 Å². The Bertz CT molecular complexity index is 547. The van der Waals surface area contributed by atoms with Crippen LogP contribution in [0.15, 0.2) is 18.2 Å². The molecule has 9 heteroatoms. The molecule has 0 amide bonds. The number of nitro benzene ring substituents is 1. The van der Waals surface area contributed by atoms with Crippen LogP contribution in [-0.2, 0) is 10.0 Å². The van der Waals surface area contributed by atoms with Crippen molar-refractivity contribution in [2.75, 3.05) is 24.7 Å². The largest absolute Gasteiger partial charge is 0.378 e. The summed E-state index contributed by atoms with van der Waals surface area (Å²) >= 11 is 0. The van der Waals surface area contributed by atoms with E-state index in [9.17, 15) is 22.9 Å². The van der Waals surface area contributed by atoms with Crippen LogP contribution in [0.4, 0.5) is 15.8 Å². The summed E-state index contributed by atoms with van der Waals surface area (Å²) in [5.41, 5.74) is -0.258. The summed E-state index contributed by atoms with van der Waals surface area (Å²) in [4.78, 5) is 9.94. The van der Waals surface area contributed by atoms with E-state index in [-0.39, 0.29) is 18.8 Å². The summed E-state index contributed by atoms with van der Waals surface area (Å²) in [6.45, 7) is 0.229. The highest BCUT2D eigenvalue weighted by molar-refractivity contribution is 7.88. The number of sulfonamides is 1. The van der Waals surface area contributed by atoms with Crippen molar-refractivity contribution in [1.82, 2.24) is 4.72 Å². The van der Waals surface area contributed by atoms with E-state index < -0.39 is 26.5 Å². The molecule has 0 spiro atoms. The molecule has 0 bridgehead atoms. The number of hydrogen-bond donors (Lipinski definition) is 2. The highest BCUT2D eigenvalue weighted by Crippen LogP contribution is 2.24. The summed E-state index contributed by atoms with van der Waals surface area (Å²) in [7, 11) is -3.30. The van der Waals surface area contributed by atoms with Crippen LogP contribution in [0, 0.1) is 15.9 Å². The number of rotatable bonds is 6. The second kappa shape index (κ2) is 5.74. The lowest BCUT2D eigenvalue weighted by Crippen LogP contribution is -2.27. The van der Waals surface area contributed by atoms with E-state index in [1.165, 1.54) is 6.07 Å². The Balaban J connectivity index is 2.65. The molecule has 0 unspecified atom stereocenters. The van der Waals surface area contributed by atoms with Gasteiger partial charge in [0.25, 0.3) is 5.69 Å². The number of anilines is 1. The van der Waals surface area contributed by atoms with Gasteiger partial charge in [0.05, 0.1) is 17.2 Å². The maximum atomic E-state index is 12.8. The lowest BCUT2D eigenvalue weighted by atomic mass is 10.2. The Kier molecular flexibility index (Phi) is 4.56. The Morgan fingerprint density at radius 3 is 2.61 bits per heavy atom. The number of benzene rings is 1. The van der Waals surface area contributed by atoms with Crippen molar-refractivity contribution >= 4 is 21.4 Å². The maximum absolute atomic E-state index is 12.8. The number of nitrogens with zero attached hydrogens (tertiary/aromatic N) is 1. The zero-order valence-corrected chi connectivity index (χ0v) is 10.3. The third-order valence-corrected chi connectivity index (χ3v) is 2.69. The van der Waals surface area contributed by atoms with Crippen LogP contribution in [-0.4, -0.2) is 32.7 Å². The topological polar surface area (TPSA) is 101 Å². The molecular formula is C9H12FN3O4S. The van der Waals surface area contributed by atoms with Crippen molar-refractivity contribution in [3.63, 3.8) is 0 Å². The first-order valence-electron chi connectivity index (χ1n) is 4.92. The number of hydrogen-bond acceptors (Lipinski definition) is 5. The van der Waals surface area contributed by atoms with Crippen LogP contribution < -0.4 is 10.0 Å². The van der Waals surface area contributed by atoms with Gasteiger partial charge in [-0.3, -0.25) is 10.1 Å². The monoisotopic (exact) mass is 277 g/mol. The SMILES string of the molecule is CS(=O)(=O)NCCNc1ccc(F)cc1[N+](=O)[O-]. The lowest BCUT2D eigenvalue weighted by molar-refractivity contribution is -0.384. The van der Waals surface area contributed by atoms with Crippen LogP contribution in [0.2, 0.25) is 0 Å². The van der Waals surface area contributed by atoms with Crippen LogP contribution >= 0.6 is 0 Å². The fourth-order valence-corrected chi connectivity index (χ4v) is 1.71. The van der Waals surface area contributed by atoms with Crippen molar-refractivity contribution < 1.29 is 17.7 Å². The van der Waals surface area contributed by atoms with Crippen LogP contribution in [0.5, 0.6) is 0 Å². The maximum Gasteiger partial charge on any atom is 0.295 e. The van der Waals surface area contributed by atoms with Crippen molar-refractivity contribution in [1.29, 1.82) is 0 Å². The molecule has 0 fully saturated rings. The molecule has 18 heavy (non-hydrogen) atoms. The van der Waals surface area contributed by atoms with E-state index in [0.717, 1.165) is 18.4 Å². The third-order valence-electron chi connectivity index (χ3n) is 1.96. The first-order valence-corrected chi connectivity index (χ1v) is 6.81. The van der Waals surface area contributed by atoms with Gasteiger partial charge in [0.15, 0.2) is 0 Å². The van der Waals surface area contributed by atoms with E-state index in [0.29, 0.717) is 0 Å². The Hall–Kier alpha value is -1.74. The first-order chi connectivity index (χ1) is 8.29. The van der Waals surface area contributed by atoms with Crippen LogP contribution in [0.1, 0.15) is 0 Å². The predicted octanol–water partition coefficient (Wildman–Crippen LogP) is 0.695. The zero-order chi connectivity index (χ0) is 13.8. The average Bonchev–Trinajstić information content (AvgIpc) is 2.24. The number of halogens is 1. The summed E-state index contributed by atoms with van der Waals surface area (Å²) < 4.78 is 36.6. The van der Waals surface area contributed by atoms with Gasteiger partial charge in [-0.15, -0.1) is 0 Å². The molecular weight excluding hydrogens is 265 g/mol. The van der Waals surface area contributed by atoms with Gasteiger partial charge in [-0.25, -0.2) is 17.5 Å². The van der Waals surface area contributed by atoms with Gasteiger partial charge in [0, 0.05) is 13.1 Å². The minimum absolute atomic E-state index is 0.0768. The molecule has 0 aromatic heterocycles.